The van der Waals surface area contributed by atoms with Gasteiger partial charge in [0.15, 0.2) is 0 Å². The minimum absolute atomic E-state index is 0.0727. The van der Waals surface area contributed by atoms with Crippen molar-refractivity contribution in [3.05, 3.63) is 0 Å². The Morgan fingerprint density at radius 2 is 1.75 bits per heavy atom. The first-order chi connectivity index (χ1) is 7.74. The van der Waals surface area contributed by atoms with Crippen LogP contribution in [0.1, 0.15) is 51.9 Å². The second-order valence-corrected chi connectivity index (χ2v) is 6.02. The van der Waals surface area contributed by atoms with Crippen molar-refractivity contribution in [3.8, 4) is 0 Å². The first-order valence-corrected chi connectivity index (χ1v) is 7.14. The highest BCUT2D eigenvalue weighted by atomic mass is 16.3. The molecule has 1 unspecified atom stereocenters. The van der Waals surface area contributed by atoms with Gasteiger partial charge in [0.25, 0.3) is 0 Å². The van der Waals surface area contributed by atoms with E-state index in [1.807, 2.05) is 0 Å². The van der Waals surface area contributed by atoms with Crippen LogP contribution in [0.25, 0.3) is 0 Å². The molecule has 0 bridgehead atoms. The Hall–Kier alpha value is -0.0800. The van der Waals surface area contributed by atoms with E-state index in [1.165, 1.54) is 51.6 Å². The third-order valence-corrected chi connectivity index (χ3v) is 4.43. The lowest BCUT2D eigenvalue weighted by Crippen LogP contribution is -2.38. The number of likely N-dealkylation sites (tertiary alicyclic amines) is 1. The van der Waals surface area contributed by atoms with E-state index in [9.17, 15) is 5.11 Å². The van der Waals surface area contributed by atoms with Crippen molar-refractivity contribution in [3.63, 3.8) is 0 Å². The number of β-amino-alcohol motifs (C(OH)–C–C–N with tert-alkyl or cyclic N) is 1. The zero-order chi connectivity index (χ0) is 11.4. The third kappa shape index (κ3) is 3.74. The Balaban J connectivity index is 1.64. The molecule has 1 saturated carbocycles. The van der Waals surface area contributed by atoms with Crippen LogP contribution >= 0.6 is 0 Å². The summed E-state index contributed by atoms with van der Waals surface area (Å²) in [5, 5.41) is 10.1. The second kappa shape index (κ2) is 6.02. The van der Waals surface area contributed by atoms with Crippen LogP contribution in [0.4, 0.5) is 0 Å². The number of aliphatic hydroxyl groups excluding tert-OH is 1. The molecule has 0 aromatic rings. The molecule has 2 nitrogen and oxygen atoms in total. The molecule has 2 heteroatoms. The van der Waals surface area contributed by atoms with Gasteiger partial charge >= 0.3 is 0 Å². The van der Waals surface area contributed by atoms with E-state index < -0.39 is 0 Å². The highest BCUT2D eigenvalue weighted by Gasteiger charge is 2.22. The quantitative estimate of drug-likeness (QED) is 0.795. The van der Waals surface area contributed by atoms with Crippen LogP contribution in [-0.4, -0.2) is 35.7 Å². The first kappa shape index (κ1) is 12.4. The Morgan fingerprint density at radius 3 is 2.38 bits per heavy atom. The monoisotopic (exact) mass is 225 g/mol. The van der Waals surface area contributed by atoms with Crippen molar-refractivity contribution in [2.45, 2.75) is 58.0 Å². The number of hydrogen-bond donors (Lipinski definition) is 1. The summed E-state index contributed by atoms with van der Waals surface area (Å²) < 4.78 is 0. The fraction of sp³-hybridized carbons (Fsp3) is 1.00. The van der Waals surface area contributed by atoms with Gasteiger partial charge < -0.3 is 10.0 Å². The predicted molar refractivity (Wildman–Crippen MR) is 67.4 cm³/mol. The van der Waals surface area contributed by atoms with Crippen LogP contribution in [0.3, 0.4) is 0 Å². The summed E-state index contributed by atoms with van der Waals surface area (Å²) in [5.74, 6) is 1.71. The molecule has 0 spiro atoms. The summed E-state index contributed by atoms with van der Waals surface area (Å²) in [7, 11) is 0. The van der Waals surface area contributed by atoms with Gasteiger partial charge in [-0.1, -0.05) is 32.6 Å². The molecule has 1 aliphatic carbocycles. The molecule has 1 aliphatic heterocycles. The molecule has 0 amide bonds. The third-order valence-electron chi connectivity index (χ3n) is 4.43. The summed E-state index contributed by atoms with van der Waals surface area (Å²) >= 11 is 0. The summed E-state index contributed by atoms with van der Waals surface area (Å²) in [6, 6.07) is 0. The molecule has 94 valence electrons. The smallest absolute Gasteiger partial charge is 0.0669 e. The molecule has 0 aromatic heterocycles. The van der Waals surface area contributed by atoms with Crippen molar-refractivity contribution in [2.24, 2.45) is 11.8 Å². The first-order valence-electron chi connectivity index (χ1n) is 7.14. The van der Waals surface area contributed by atoms with Crippen LogP contribution in [0.5, 0.6) is 0 Å². The Labute approximate surface area is 100 Å². The molecule has 2 fully saturated rings. The standard InChI is InChI=1S/C14H27NO/c1-12-6-8-15(9-7-12)11-14(16)10-13-4-2-3-5-13/h12-14,16H,2-11H2,1H3. The van der Waals surface area contributed by atoms with E-state index in [1.54, 1.807) is 0 Å². The normalized spacial score (nSPS) is 27.4. The van der Waals surface area contributed by atoms with Crippen molar-refractivity contribution in [1.29, 1.82) is 0 Å². The van der Waals surface area contributed by atoms with Crippen LogP contribution in [-0.2, 0) is 0 Å². The molecule has 2 rings (SSSR count). The minimum atomic E-state index is -0.0727. The molecule has 1 N–H and O–H groups in total. The molecule has 2 aliphatic rings. The molecular formula is C14H27NO. The molecule has 16 heavy (non-hydrogen) atoms. The molecular weight excluding hydrogens is 198 g/mol. The highest BCUT2D eigenvalue weighted by molar-refractivity contribution is 4.76. The molecule has 1 atom stereocenters. The lowest BCUT2D eigenvalue weighted by molar-refractivity contribution is 0.0748. The fourth-order valence-electron chi connectivity index (χ4n) is 3.25. The van der Waals surface area contributed by atoms with Gasteiger partial charge in [-0.3, -0.25) is 0 Å². The number of piperidine rings is 1. The van der Waals surface area contributed by atoms with Crippen molar-refractivity contribution in [1.82, 2.24) is 4.90 Å². The Morgan fingerprint density at radius 1 is 1.12 bits per heavy atom. The summed E-state index contributed by atoms with van der Waals surface area (Å²) in [6.07, 6.45) is 9.09. The Bertz CT molecular complexity index is 193. The van der Waals surface area contributed by atoms with Gasteiger partial charge in [-0.05, 0) is 44.2 Å². The average Bonchev–Trinajstić information content (AvgIpc) is 2.74. The maximum absolute atomic E-state index is 10.1. The molecule has 1 saturated heterocycles. The van der Waals surface area contributed by atoms with Crippen molar-refractivity contribution < 1.29 is 5.11 Å². The highest BCUT2D eigenvalue weighted by Crippen LogP contribution is 2.29. The van der Waals surface area contributed by atoms with E-state index in [2.05, 4.69) is 11.8 Å². The van der Waals surface area contributed by atoms with Crippen molar-refractivity contribution >= 4 is 0 Å². The SMILES string of the molecule is CC1CCN(CC(O)CC2CCCC2)CC1. The lowest BCUT2D eigenvalue weighted by atomic mass is 9.97. The minimum Gasteiger partial charge on any atom is -0.392 e. The fourth-order valence-corrected chi connectivity index (χ4v) is 3.25. The largest absolute Gasteiger partial charge is 0.392 e. The number of hydrogen-bond acceptors (Lipinski definition) is 2. The number of rotatable bonds is 4. The van der Waals surface area contributed by atoms with Gasteiger partial charge in [0.1, 0.15) is 0 Å². The molecule has 0 aromatic carbocycles. The summed E-state index contributed by atoms with van der Waals surface area (Å²) in [6.45, 7) is 5.65. The van der Waals surface area contributed by atoms with Gasteiger partial charge in [0.2, 0.25) is 0 Å². The van der Waals surface area contributed by atoms with Crippen LogP contribution in [0.2, 0.25) is 0 Å². The Kier molecular flexibility index (Phi) is 4.66. The maximum atomic E-state index is 10.1. The van der Waals surface area contributed by atoms with Crippen LogP contribution in [0, 0.1) is 11.8 Å². The van der Waals surface area contributed by atoms with Gasteiger partial charge in [0, 0.05) is 6.54 Å². The zero-order valence-corrected chi connectivity index (χ0v) is 10.7. The molecule has 0 radical (unpaired) electrons. The van der Waals surface area contributed by atoms with Crippen LogP contribution < -0.4 is 0 Å². The summed E-state index contributed by atoms with van der Waals surface area (Å²) in [5.41, 5.74) is 0. The zero-order valence-electron chi connectivity index (χ0n) is 10.7. The van der Waals surface area contributed by atoms with Crippen LogP contribution in [0.15, 0.2) is 0 Å². The summed E-state index contributed by atoms with van der Waals surface area (Å²) in [4.78, 5) is 2.46. The lowest BCUT2D eigenvalue weighted by Gasteiger charge is -2.32. The van der Waals surface area contributed by atoms with Gasteiger partial charge in [-0.15, -0.1) is 0 Å². The van der Waals surface area contributed by atoms with Gasteiger partial charge in [-0.2, -0.15) is 0 Å². The predicted octanol–water partition coefficient (Wildman–Crippen LogP) is 2.66. The van der Waals surface area contributed by atoms with E-state index in [0.717, 1.165) is 24.8 Å². The van der Waals surface area contributed by atoms with E-state index in [0.29, 0.717) is 0 Å². The van der Waals surface area contributed by atoms with E-state index in [-0.39, 0.29) is 6.10 Å². The van der Waals surface area contributed by atoms with E-state index in [4.69, 9.17) is 0 Å². The van der Waals surface area contributed by atoms with Crippen molar-refractivity contribution in [2.75, 3.05) is 19.6 Å². The second-order valence-electron chi connectivity index (χ2n) is 6.02. The number of aliphatic hydroxyl groups is 1. The van der Waals surface area contributed by atoms with Gasteiger partial charge in [0.05, 0.1) is 6.10 Å². The maximum Gasteiger partial charge on any atom is 0.0669 e. The average molecular weight is 225 g/mol. The topological polar surface area (TPSA) is 23.5 Å². The molecule has 1 heterocycles. The van der Waals surface area contributed by atoms with E-state index >= 15 is 0 Å². The number of nitrogens with zero attached hydrogens (tertiary/aromatic N) is 1. The van der Waals surface area contributed by atoms with Gasteiger partial charge in [-0.25, -0.2) is 0 Å².